The monoisotopic (exact) mass is 333 g/mol. The fraction of sp³-hybridized carbons (Fsp3) is 0.100. The van der Waals surface area contributed by atoms with Gasteiger partial charge in [0, 0.05) is 22.7 Å². The summed E-state index contributed by atoms with van der Waals surface area (Å²) in [6.07, 6.45) is 4.14. The second-order valence-electron chi connectivity index (χ2n) is 5.54. The van der Waals surface area contributed by atoms with Crippen molar-refractivity contribution in [3.63, 3.8) is 0 Å². The maximum atomic E-state index is 13.7. The molecule has 0 atom stereocenters. The summed E-state index contributed by atoms with van der Waals surface area (Å²) in [7, 11) is 0. The standard InChI is InChI=1S/C20H16FN3O/c1-2-13-6-5-7-16-15(12-23-19(13)16)10-14(11-22)20(25)24-18-9-4-3-8-17(18)21/h3-10,12,23H,2H2,1H3,(H,24,25)/b14-10+. The number of rotatable bonds is 4. The third-order valence-corrected chi connectivity index (χ3v) is 4.00. The number of amides is 1. The molecule has 25 heavy (non-hydrogen) atoms. The Kier molecular flexibility index (Phi) is 4.62. The number of hydrogen-bond acceptors (Lipinski definition) is 2. The molecule has 5 heteroatoms. The largest absolute Gasteiger partial charge is 0.360 e. The molecular formula is C20H16FN3O. The van der Waals surface area contributed by atoms with E-state index in [1.54, 1.807) is 12.3 Å². The van der Waals surface area contributed by atoms with E-state index in [9.17, 15) is 14.4 Å². The third kappa shape index (κ3) is 3.29. The summed E-state index contributed by atoms with van der Waals surface area (Å²) in [5.41, 5.74) is 2.84. The number of aryl methyl sites for hydroxylation is 1. The van der Waals surface area contributed by atoms with E-state index in [1.165, 1.54) is 24.3 Å². The Labute approximate surface area is 144 Å². The molecule has 1 heterocycles. The molecule has 2 N–H and O–H groups in total. The first-order valence-corrected chi connectivity index (χ1v) is 7.90. The molecule has 3 rings (SSSR count). The van der Waals surface area contributed by atoms with E-state index in [-0.39, 0.29) is 11.3 Å². The van der Waals surface area contributed by atoms with Crippen molar-refractivity contribution in [1.29, 1.82) is 5.26 Å². The summed E-state index contributed by atoms with van der Waals surface area (Å²) >= 11 is 0. The first kappa shape index (κ1) is 16.5. The average molecular weight is 333 g/mol. The Bertz CT molecular complexity index is 1010. The lowest BCUT2D eigenvalue weighted by atomic mass is 10.1. The fourth-order valence-corrected chi connectivity index (χ4v) is 2.71. The molecule has 124 valence electrons. The predicted molar refractivity (Wildman–Crippen MR) is 96.3 cm³/mol. The number of nitriles is 1. The minimum atomic E-state index is -0.645. The predicted octanol–water partition coefficient (Wildman–Crippen LogP) is 4.42. The number of hydrogen-bond donors (Lipinski definition) is 2. The Balaban J connectivity index is 1.95. The molecule has 0 fully saturated rings. The third-order valence-electron chi connectivity index (χ3n) is 4.00. The van der Waals surface area contributed by atoms with Crippen molar-refractivity contribution in [3.8, 4) is 6.07 Å². The van der Waals surface area contributed by atoms with Crippen LogP contribution in [0.3, 0.4) is 0 Å². The van der Waals surface area contributed by atoms with Gasteiger partial charge in [0.2, 0.25) is 0 Å². The summed E-state index contributed by atoms with van der Waals surface area (Å²) in [6.45, 7) is 2.06. The van der Waals surface area contributed by atoms with Gasteiger partial charge in [-0.1, -0.05) is 37.3 Å². The van der Waals surface area contributed by atoms with Gasteiger partial charge in [0.15, 0.2) is 0 Å². The number of halogens is 1. The number of carbonyl (C=O) groups is 1. The van der Waals surface area contributed by atoms with E-state index in [2.05, 4.69) is 17.2 Å². The fourth-order valence-electron chi connectivity index (χ4n) is 2.71. The number of benzene rings is 2. The number of aromatic nitrogens is 1. The molecule has 0 radical (unpaired) electrons. The van der Waals surface area contributed by atoms with Crippen LogP contribution in [-0.2, 0) is 11.2 Å². The highest BCUT2D eigenvalue weighted by Gasteiger charge is 2.13. The molecule has 1 amide bonds. The van der Waals surface area contributed by atoms with E-state index < -0.39 is 11.7 Å². The van der Waals surface area contributed by atoms with Crippen LogP contribution >= 0.6 is 0 Å². The van der Waals surface area contributed by atoms with Gasteiger partial charge >= 0.3 is 0 Å². The Hall–Kier alpha value is -3.39. The Morgan fingerprint density at radius 3 is 2.80 bits per heavy atom. The van der Waals surface area contributed by atoms with Crippen LogP contribution in [0.4, 0.5) is 10.1 Å². The first-order valence-electron chi connectivity index (χ1n) is 7.90. The van der Waals surface area contributed by atoms with Crippen LogP contribution in [0.15, 0.2) is 54.2 Å². The molecule has 3 aromatic rings. The lowest BCUT2D eigenvalue weighted by Crippen LogP contribution is -2.14. The first-order chi connectivity index (χ1) is 12.1. The summed E-state index contributed by atoms with van der Waals surface area (Å²) in [5, 5.41) is 12.7. The van der Waals surface area contributed by atoms with Gasteiger partial charge in [-0.05, 0) is 30.2 Å². The van der Waals surface area contributed by atoms with Gasteiger partial charge in [0.1, 0.15) is 17.5 Å². The summed E-state index contributed by atoms with van der Waals surface area (Å²) in [6, 6.07) is 13.6. The molecule has 0 bridgehead atoms. The van der Waals surface area contributed by atoms with Crippen molar-refractivity contribution in [1.82, 2.24) is 4.98 Å². The van der Waals surface area contributed by atoms with Crippen molar-refractivity contribution in [2.75, 3.05) is 5.32 Å². The molecule has 0 saturated heterocycles. The summed E-state index contributed by atoms with van der Waals surface area (Å²) in [4.78, 5) is 15.5. The van der Waals surface area contributed by atoms with Crippen LogP contribution in [-0.4, -0.2) is 10.9 Å². The smallest absolute Gasteiger partial charge is 0.266 e. The second-order valence-corrected chi connectivity index (χ2v) is 5.54. The zero-order valence-electron chi connectivity index (χ0n) is 13.6. The van der Waals surface area contributed by atoms with E-state index in [0.29, 0.717) is 0 Å². The molecule has 4 nitrogen and oxygen atoms in total. The normalized spacial score (nSPS) is 11.3. The van der Waals surface area contributed by atoms with Crippen LogP contribution in [0.25, 0.3) is 17.0 Å². The molecule has 0 aliphatic rings. The van der Waals surface area contributed by atoms with Crippen LogP contribution < -0.4 is 5.32 Å². The number of H-pyrrole nitrogens is 1. The van der Waals surface area contributed by atoms with Gasteiger partial charge in [-0.25, -0.2) is 4.39 Å². The van der Waals surface area contributed by atoms with Crippen LogP contribution in [0.1, 0.15) is 18.1 Å². The highest BCUT2D eigenvalue weighted by atomic mass is 19.1. The lowest BCUT2D eigenvalue weighted by Gasteiger charge is -2.05. The van der Waals surface area contributed by atoms with E-state index >= 15 is 0 Å². The molecule has 0 spiro atoms. The number of fused-ring (bicyclic) bond motifs is 1. The Morgan fingerprint density at radius 1 is 1.28 bits per heavy atom. The van der Waals surface area contributed by atoms with Crippen molar-refractivity contribution < 1.29 is 9.18 Å². The number of para-hydroxylation sites is 2. The number of anilines is 1. The second kappa shape index (κ2) is 7.02. The SMILES string of the molecule is CCc1cccc2c(/C=C(\C#N)C(=O)Nc3ccccc3F)c[nH]c12. The van der Waals surface area contributed by atoms with Crippen molar-refractivity contribution >= 4 is 28.6 Å². The number of aromatic amines is 1. The van der Waals surface area contributed by atoms with Crippen LogP contribution in [0.2, 0.25) is 0 Å². The molecule has 0 aliphatic carbocycles. The van der Waals surface area contributed by atoms with E-state index in [4.69, 9.17) is 0 Å². The van der Waals surface area contributed by atoms with Crippen molar-refractivity contribution in [2.24, 2.45) is 0 Å². The molecule has 0 aliphatic heterocycles. The quantitative estimate of drug-likeness (QED) is 0.548. The van der Waals surface area contributed by atoms with Gasteiger partial charge < -0.3 is 10.3 Å². The van der Waals surface area contributed by atoms with E-state index in [1.807, 2.05) is 24.3 Å². The van der Waals surface area contributed by atoms with Crippen LogP contribution in [0, 0.1) is 17.1 Å². The topological polar surface area (TPSA) is 68.7 Å². The minimum Gasteiger partial charge on any atom is -0.360 e. The van der Waals surface area contributed by atoms with Crippen molar-refractivity contribution in [2.45, 2.75) is 13.3 Å². The minimum absolute atomic E-state index is 0.0424. The maximum absolute atomic E-state index is 13.7. The number of nitrogens with one attached hydrogen (secondary N) is 2. The van der Waals surface area contributed by atoms with Gasteiger partial charge in [-0.3, -0.25) is 4.79 Å². The maximum Gasteiger partial charge on any atom is 0.266 e. The molecule has 2 aromatic carbocycles. The number of carbonyl (C=O) groups excluding carboxylic acids is 1. The van der Waals surface area contributed by atoms with Crippen LogP contribution in [0.5, 0.6) is 0 Å². The molecule has 0 unspecified atom stereocenters. The van der Waals surface area contributed by atoms with Gasteiger partial charge in [0.25, 0.3) is 5.91 Å². The zero-order chi connectivity index (χ0) is 17.8. The van der Waals surface area contributed by atoms with E-state index in [0.717, 1.165) is 28.5 Å². The lowest BCUT2D eigenvalue weighted by molar-refractivity contribution is -0.112. The number of nitrogens with zero attached hydrogens (tertiary/aromatic N) is 1. The molecular weight excluding hydrogens is 317 g/mol. The molecule has 1 aromatic heterocycles. The van der Waals surface area contributed by atoms with Crippen molar-refractivity contribution in [3.05, 3.63) is 71.2 Å². The zero-order valence-corrected chi connectivity index (χ0v) is 13.6. The summed E-state index contributed by atoms with van der Waals surface area (Å²) < 4.78 is 13.7. The highest BCUT2D eigenvalue weighted by Crippen LogP contribution is 2.24. The van der Waals surface area contributed by atoms with Gasteiger partial charge in [-0.2, -0.15) is 5.26 Å². The summed E-state index contributed by atoms with van der Waals surface area (Å²) in [5.74, 6) is -1.19. The Morgan fingerprint density at radius 2 is 2.08 bits per heavy atom. The molecule has 0 saturated carbocycles. The average Bonchev–Trinajstić information content (AvgIpc) is 3.04. The van der Waals surface area contributed by atoms with Gasteiger partial charge in [-0.15, -0.1) is 0 Å². The van der Waals surface area contributed by atoms with Gasteiger partial charge in [0.05, 0.1) is 5.69 Å². The highest BCUT2D eigenvalue weighted by molar-refractivity contribution is 6.10.